The van der Waals surface area contributed by atoms with Gasteiger partial charge in [0.15, 0.2) is 0 Å². The van der Waals surface area contributed by atoms with E-state index >= 15 is 0 Å². The van der Waals surface area contributed by atoms with Crippen LogP contribution in [0.15, 0.2) is 188 Å². The summed E-state index contributed by atoms with van der Waals surface area (Å²) in [6.07, 6.45) is 0. The molecule has 0 bridgehead atoms. The minimum Gasteiger partial charge on any atom is -0.310 e. The SMILES string of the molecule is c1ccc(-c2cccc3ccccc23)c(-c2ccc(N(c3ccc4c(c3)sc3ccccc34)c3cc4ccccc4c4ccccc34)cc2)c1. The smallest absolute Gasteiger partial charge is 0.0546 e. The van der Waals surface area contributed by atoms with Gasteiger partial charge in [0.1, 0.15) is 0 Å². The van der Waals surface area contributed by atoms with E-state index in [4.69, 9.17) is 0 Å². The molecule has 50 heavy (non-hydrogen) atoms. The lowest BCUT2D eigenvalue weighted by atomic mass is 9.91. The van der Waals surface area contributed by atoms with Crippen LogP contribution in [0.2, 0.25) is 0 Å². The molecule has 0 unspecified atom stereocenters. The average Bonchev–Trinajstić information content (AvgIpc) is 3.56. The maximum Gasteiger partial charge on any atom is 0.0546 e. The molecule has 1 heterocycles. The van der Waals surface area contributed by atoms with Gasteiger partial charge in [-0.3, -0.25) is 0 Å². The zero-order valence-electron chi connectivity index (χ0n) is 27.3. The van der Waals surface area contributed by atoms with E-state index in [1.54, 1.807) is 0 Å². The molecule has 0 N–H and O–H groups in total. The predicted molar refractivity (Wildman–Crippen MR) is 217 cm³/mol. The molecule has 0 atom stereocenters. The van der Waals surface area contributed by atoms with Crippen molar-refractivity contribution in [3.63, 3.8) is 0 Å². The monoisotopic (exact) mass is 653 g/mol. The first-order valence-corrected chi connectivity index (χ1v) is 17.9. The molecule has 10 rings (SSSR count). The molecule has 2 heteroatoms. The summed E-state index contributed by atoms with van der Waals surface area (Å²) >= 11 is 1.86. The molecule has 0 saturated heterocycles. The third-order valence-electron chi connectivity index (χ3n) is 10.1. The van der Waals surface area contributed by atoms with E-state index in [1.807, 2.05) is 11.3 Å². The van der Waals surface area contributed by atoms with Crippen LogP contribution in [0.1, 0.15) is 0 Å². The van der Waals surface area contributed by atoms with Crippen LogP contribution < -0.4 is 4.90 Å². The van der Waals surface area contributed by atoms with Gasteiger partial charge in [-0.2, -0.15) is 0 Å². The van der Waals surface area contributed by atoms with Crippen molar-refractivity contribution in [1.29, 1.82) is 0 Å². The zero-order chi connectivity index (χ0) is 33.0. The van der Waals surface area contributed by atoms with Crippen LogP contribution in [0, 0.1) is 0 Å². The van der Waals surface area contributed by atoms with Crippen molar-refractivity contribution >= 4 is 80.9 Å². The molecular formula is C48H31NS. The molecule has 0 spiro atoms. The minimum atomic E-state index is 1.12. The number of thiophene rings is 1. The summed E-state index contributed by atoms with van der Waals surface area (Å²) in [7, 11) is 0. The Morgan fingerprint density at radius 2 is 0.900 bits per heavy atom. The van der Waals surface area contributed by atoms with E-state index in [9.17, 15) is 0 Å². The fourth-order valence-electron chi connectivity index (χ4n) is 7.72. The van der Waals surface area contributed by atoms with Gasteiger partial charge in [-0.05, 0) is 85.6 Å². The fraction of sp³-hybridized carbons (Fsp3) is 0. The van der Waals surface area contributed by atoms with Gasteiger partial charge in [-0.15, -0.1) is 11.3 Å². The molecule has 0 fully saturated rings. The Kier molecular flexibility index (Phi) is 6.75. The molecule has 9 aromatic carbocycles. The summed E-state index contributed by atoms with van der Waals surface area (Å²) in [6.45, 7) is 0. The van der Waals surface area contributed by atoms with Crippen molar-refractivity contribution in [3.8, 4) is 22.3 Å². The maximum absolute atomic E-state index is 2.44. The molecular weight excluding hydrogens is 623 g/mol. The van der Waals surface area contributed by atoms with Gasteiger partial charge in [0.25, 0.3) is 0 Å². The number of nitrogens with zero attached hydrogens (tertiary/aromatic N) is 1. The molecule has 0 aliphatic rings. The number of hydrogen-bond acceptors (Lipinski definition) is 2. The van der Waals surface area contributed by atoms with Crippen LogP contribution in [0.3, 0.4) is 0 Å². The molecule has 0 aliphatic heterocycles. The highest BCUT2D eigenvalue weighted by atomic mass is 32.1. The average molecular weight is 654 g/mol. The summed E-state index contributed by atoms with van der Waals surface area (Å²) in [5.74, 6) is 0. The lowest BCUT2D eigenvalue weighted by Crippen LogP contribution is -2.10. The molecule has 1 aromatic heterocycles. The van der Waals surface area contributed by atoms with E-state index < -0.39 is 0 Å². The quantitative estimate of drug-likeness (QED) is 0.167. The van der Waals surface area contributed by atoms with Gasteiger partial charge in [-0.1, -0.05) is 152 Å². The molecule has 0 aliphatic carbocycles. The van der Waals surface area contributed by atoms with Crippen LogP contribution >= 0.6 is 11.3 Å². The van der Waals surface area contributed by atoms with E-state index in [0.29, 0.717) is 0 Å². The van der Waals surface area contributed by atoms with Crippen LogP contribution in [0.25, 0.3) is 74.7 Å². The van der Waals surface area contributed by atoms with E-state index in [2.05, 4.69) is 193 Å². The highest BCUT2D eigenvalue weighted by Crippen LogP contribution is 2.45. The number of fused-ring (bicyclic) bond motifs is 7. The number of anilines is 3. The van der Waals surface area contributed by atoms with Crippen molar-refractivity contribution in [2.24, 2.45) is 0 Å². The van der Waals surface area contributed by atoms with Crippen molar-refractivity contribution in [3.05, 3.63) is 188 Å². The van der Waals surface area contributed by atoms with Gasteiger partial charge >= 0.3 is 0 Å². The number of benzene rings is 9. The second kappa shape index (κ2) is 11.7. The lowest BCUT2D eigenvalue weighted by molar-refractivity contribution is 1.31. The van der Waals surface area contributed by atoms with Crippen LogP contribution in [0.5, 0.6) is 0 Å². The second-order valence-electron chi connectivity index (χ2n) is 12.9. The van der Waals surface area contributed by atoms with Crippen LogP contribution in [0.4, 0.5) is 17.1 Å². The van der Waals surface area contributed by atoms with Crippen molar-refractivity contribution in [2.45, 2.75) is 0 Å². The van der Waals surface area contributed by atoms with Crippen molar-refractivity contribution in [1.82, 2.24) is 0 Å². The fourth-order valence-corrected chi connectivity index (χ4v) is 8.86. The summed E-state index contributed by atoms with van der Waals surface area (Å²) in [6, 6.07) is 68.8. The van der Waals surface area contributed by atoms with Crippen molar-refractivity contribution < 1.29 is 0 Å². The second-order valence-corrected chi connectivity index (χ2v) is 14.0. The lowest BCUT2D eigenvalue weighted by Gasteiger charge is -2.28. The van der Waals surface area contributed by atoms with Gasteiger partial charge < -0.3 is 4.90 Å². The van der Waals surface area contributed by atoms with E-state index in [-0.39, 0.29) is 0 Å². The third kappa shape index (κ3) is 4.69. The van der Waals surface area contributed by atoms with Crippen LogP contribution in [-0.2, 0) is 0 Å². The molecule has 1 nitrogen and oxygen atoms in total. The van der Waals surface area contributed by atoms with Gasteiger partial charge in [0.2, 0.25) is 0 Å². The van der Waals surface area contributed by atoms with Crippen LogP contribution in [-0.4, -0.2) is 0 Å². The molecule has 10 aromatic rings. The minimum absolute atomic E-state index is 1.12. The first-order chi connectivity index (χ1) is 24.8. The first kappa shape index (κ1) is 28.8. The summed E-state index contributed by atoms with van der Waals surface area (Å²) in [4.78, 5) is 2.44. The Balaban J connectivity index is 1.17. The van der Waals surface area contributed by atoms with E-state index in [0.717, 1.165) is 11.4 Å². The van der Waals surface area contributed by atoms with Gasteiger partial charge in [0, 0.05) is 36.9 Å². The third-order valence-corrected chi connectivity index (χ3v) is 11.2. The highest BCUT2D eigenvalue weighted by molar-refractivity contribution is 7.25. The Morgan fingerprint density at radius 3 is 1.74 bits per heavy atom. The standard InChI is InChI=1S/C48H31NS/c1-3-15-37-32(12-1)14-11-22-41(37)40-18-6-5-16-38(40)33-24-26-35(27-25-33)49(36-28-29-45-44-21-9-10-23-47(44)50-48(45)31-36)46-30-34-13-2-4-17-39(34)42-19-7-8-20-43(42)46/h1-31H. The number of rotatable bonds is 5. The Hall–Kier alpha value is -6.22. The molecule has 234 valence electrons. The van der Waals surface area contributed by atoms with Gasteiger partial charge in [0.05, 0.1) is 5.69 Å². The maximum atomic E-state index is 2.44. The largest absolute Gasteiger partial charge is 0.310 e. The molecule has 0 radical (unpaired) electrons. The Bertz CT molecular complexity index is 2870. The zero-order valence-corrected chi connectivity index (χ0v) is 28.1. The van der Waals surface area contributed by atoms with Gasteiger partial charge in [-0.25, -0.2) is 0 Å². The Morgan fingerprint density at radius 1 is 0.320 bits per heavy atom. The molecule has 0 amide bonds. The number of hydrogen-bond donors (Lipinski definition) is 0. The first-order valence-electron chi connectivity index (χ1n) is 17.1. The van der Waals surface area contributed by atoms with E-state index in [1.165, 1.54) is 80.4 Å². The molecule has 0 saturated carbocycles. The summed E-state index contributed by atoms with van der Waals surface area (Å²) in [5.41, 5.74) is 8.35. The Labute approximate surface area is 294 Å². The van der Waals surface area contributed by atoms with Crippen molar-refractivity contribution in [2.75, 3.05) is 4.90 Å². The summed E-state index contributed by atoms with van der Waals surface area (Å²) in [5, 5.41) is 10.1. The highest BCUT2D eigenvalue weighted by Gasteiger charge is 2.19. The topological polar surface area (TPSA) is 3.24 Å². The normalized spacial score (nSPS) is 11.6. The predicted octanol–water partition coefficient (Wildman–Crippen LogP) is 14.3. The summed E-state index contributed by atoms with van der Waals surface area (Å²) < 4.78 is 2.61.